The van der Waals surface area contributed by atoms with Crippen molar-refractivity contribution in [3.05, 3.63) is 102 Å². The van der Waals surface area contributed by atoms with E-state index in [0.717, 1.165) is 25.2 Å². The van der Waals surface area contributed by atoms with Crippen molar-refractivity contribution in [1.82, 2.24) is 4.90 Å². The maximum Gasteiger partial charge on any atom is 0.338 e. The molecule has 0 bridgehead atoms. The van der Waals surface area contributed by atoms with Gasteiger partial charge in [0.1, 0.15) is 0 Å². The van der Waals surface area contributed by atoms with Crippen LogP contribution < -0.4 is 5.32 Å². The van der Waals surface area contributed by atoms with Crippen molar-refractivity contribution < 1.29 is 9.53 Å². The molecule has 0 aliphatic carbocycles. The minimum atomic E-state index is -0.319. The zero-order valence-corrected chi connectivity index (χ0v) is 17.9. The van der Waals surface area contributed by atoms with Gasteiger partial charge in [-0.15, -0.1) is 0 Å². The number of carbonyl (C=O) groups excluding carboxylic acids is 1. The van der Waals surface area contributed by atoms with E-state index in [9.17, 15) is 4.79 Å². The van der Waals surface area contributed by atoms with Gasteiger partial charge in [0.05, 0.1) is 12.2 Å². The number of anilines is 1. The van der Waals surface area contributed by atoms with E-state index in [1.54, 1.807) is 19.1 Å². The van der Waals surface area contributed by atoms with Crippen LogP contribution in [0.3, 0.4) is 0 Å². The first-order valence-corrected chi connectivity index (χ1v) is 10.5. The zero-order valence-electron chi connectivity index (χ0n) is 17.1. The Morgan fingerprint density at radius 1 is 0.900 bits per heavy atom. The van der Waals surface area contributed by atoms with E-state index < -0.39 is 0 Å². The Morgan fingerprint density at radius 3 is 2.10 bits per heavy atom. The van der Waals surface area contributed by atoms with E-state index in [0.29, 0.717) is 17.3 Å². The Morgan fingerprint density at radius 2 is 1.50 bits per heavy atom. The van der Waals surface area contributed by atoms with Crippen LogP contribution in [-0.2, 0) is 17.7 Å². The van der Waals surface area contributed by atoms with Gasteiger partial charge < -0.3 is 15.0 Å². The summed E-state index contributed by atoms with van der Waals surface area (Å²) in [7, 11) is 0. The molecule has 0 aliphatic rings. The first-order valence-electron chi connectivity index (χ1n) is 10.1. The van der Waals surface area contributed by atoms with Crippen LogP contribution in [0.5, 0.6) is 0 Å². The summed E-state index contributed by atoms with van der Waals surface area (Å²) in [6.07, 6.45) is 0.900. The number of rotatable bonds is 8. The van der Waals surface area contributed by atoms with E-state index in [1.165, 1.54) is 11.1 Å². The number of hydrogen-bond donors (Lipinski definition) is 1. The summed E-state index contributed by atoms with van der Waals surface area (Å²) in [6.45, 7) is 3.67. The van der Waals surface area contributed by atoms with Crippen molar-refractivity contribution in [3.63, 3.8) is 0 Å². The molecule has 0 atom stereocenters. The highest BCUT2D eigenvalue weighted by atomic mass is 32.1. The van der Waals surface area contributed by atoms with Gasteiger partial charge in [-0.25, -0.2) is 4.79 Å². The number of nitrogens with one attached hydrogen (secondary N) is 1. The number of carbonyl (C=O) groups is 1. The second kappa shape index (κ2) is 11.1. The summed E-state index contributed by atoms with van der Waals surface area (Å²) in [6, 6.07) is 27.9. The molecule has 0 unspecified atom stereocenters. The Labute approximate surface area is 183 Å². The lowest BCUT2D eigenvalue weighted by molar-refractivity contribution is 0.0526. The second-order valence-electron chi connectivity index (χ2n) is 6.87. The second-order valence-corrected chi connectivity index (χ2v) is 7.26. The molecule has 3 rings (SSSR count). The van der Waals surface area contributed by atoms with Gasteiger partial charge in [0, 0.05) is 18.8 Å². The van der Waals surface area contributed by atoms with Gasteiger partial charge in [-0.2, -0.15) is 0 Å². The lowest BCUT2D eigenvalue weighted by Crippen LogP contribution is -2.35. The van der Waals surface area contributed by atoms with Gasteiger partial charge in [0.15, 0.2) is 5.11 Å². The predicted molar refractivity (Wildman–Crippen MR) is 126 cm³/mol. The van der Waals surface area contributed by atoms with Gasteiger partial charge in [-0.3, -0.25) is 0 Å². The predicted octanol–water partition coefficient (Wildman–Crippen LogP) is 5.31. The maximum absolute atomic E-state index is 11.8. The van der Waals surface area contributed by atoms with E-state index in [4.69, 9.17) is 17.0 Å². The highest BCUT2D eigenvalue weighted by Gasteiger charge is 2.12. The quantitative estimate of drug-likeness (QED) is 0.397. The first-order chi connectivity index (χ1) is 14.7. The Hall–Kier alpha value is -3.18. The van der Waals surface area contributed by atoms with Crippen LogP contribution in [0.25, 0.3) is 0 Å². The summed E-state index contributed by atoms with van der Waals surface area (Å²) in [5.41, 5.74) is 3.84. The molecule has 0 aliphatic heterocycles. The summed E-state index contributed by atoms with van der Waals surface area (Å²) < 4.78 is 5.03. The fourth-order valence-electron chi connectivity index (χ4n) is 3.07. The Kier molecular flexibility index (Phi) is 7.98. The van der Waals surface area contributed by atoms with Gasteiger partial charge in [0.2, 0.25) is 0 Å². The summed E-state index contributed by atoms with van der Waals surface area (Å²) in [5.74, 6) is -0.319. The molecule has 3 aromatic rings. The lowest BCUT2D eigenvalue weighted by atomic mass is 10.1. The zero-order chi connectivity index (χ0) is 21.2. The summed E-state index contributed by atoms with van der Waals surface area (Å²) in [4.78, 5) is 14.0. The number of esters is 1. The van der Waals surface area contributed by atoms with Crippen molar-refractivity contribution in [2.75, 3.05) is 18.5 Å². The molecule has 0 fully saturated rings. The van der Waals surface area contributed by atoms with Gasteiger partial charge >= 0.3 is 5.97 Å². The van der Waals surface area contributed by atoms with Crippen molar-refractivity contribution in [1.29, 1.82) is 0 Å². The topological polar surface area (TPSA) is 41.6 Å². The molecule has 30 heavy (non-hydrogen) atoms. The van der Waals surface area contributed by atoms with Crippen LogP contribution >= 0.6 is 12.2 Å². The fraction of sp³-hybridized carbons (Fsp3) is 0.200. The third-order valence-electron chi connectivity index (χ3n) is 4.66. The molecule has 0 spiro atoms. The monoisotopic (exact) mass is 418 g/mol. The SMILES string of the molecule is CCOC(=O)c1ccc(NC(=S)N(CCc2ccccc2)Cc2ccccc2)cc1. The molecule has 1 N–H and O–H groups in total. The lowest BCUT2D eigenvalue weighted by Gasteiger charge is -2.26. The van der Waals surface area contributed by atoms with E-state index in [2.05, 4.69) is 46.6 Å². The van der Waals surface area contributed by atoms with Crippen molar-refractivity contribution in [2.45, 2.75) is 19.9 Å². The van der Waals surface area contributed by atoms with E-state index >= 15 is 0 Å². The largest absolute Gasteiger partial charge is 0.462 e. The minimum absolute atomic E-state index is 0.319. The first kappa shape index (κ1) is 21.5. The molecule has 3 aromatic carbocycles. The third-order valence-corrected chi connectivity index (χ3v) is 5.02. The maximum atomic E-state index is 11.8. The highest BCUT2D eigenvalue weighted by Crippen LogP contribution is 2.14. The fourth-order valence-corrected chi connectivity index (χ4v) is 3.35. The average molecular weight is 419 g/mol. The van der Waals surface area contributed by atoms with Crippen molar-refractivity contribution >= 4 is 29.0 Å². The minimum Gasteiger partial charge on any atom is -0.462 e. The average Bonchev–Trinajstić information content (AvgIpc) is 2.78. The van der Waals surface area contributed by atoms with Crippen molar-refractivity contribution in [3.8, 4) is 0 Å². The third kappa shape index (κ3) is 6.42. The standard InChI is InChI=1S/C25H26N2O2S/c1-2-29-24(28)22-13-15-23(16-14-22)26-25(30)27(19-21-11-7-4-8-12-21)18-17-20-9-5-3-6-10-20/h3-16H,2,17-19H2,1H3,(H,26,30). The smallest absolute Gasteiger partial charge is 0.338 e. The van der Waals surface area contributed by atoms with Crippen LogP contribution in [0.1, 0.15) is 28.4 Å². The molecule has 0 saturated carbocycles. The number of ether oxygens (including phenoxy) is 1. The van der Waals surface area contributed by atoms with Crippen LogP contribution in [0, 0.1) is 0 Å². The van der Waals surface area contributed by atoms with E-state index in [-0.39, 0.29) is 5.97 Å². The number of benzene rings is 3. The van der Waals surface area contributed by atoms with Crippen LogP contribution in [0.4, 0.5) is 5.69 Å². The number of thiocarbonyl (C=S) groups is 1. The Balaban J connectivity index is 1.68. The molecule has 0 aromatic heterocycles. The molecule has 0 radical (unpaired) electrons. The van der Waals surface area contributed by atoms with E-state index in [1.807, 2.05) is 36.4 Å². The van der Waals surface area contributed by atoms with Crippen LogP contribution in [-0.4, -0.2) is 29.1 Å². The summed E-state index contributed by atoms with van der Waals surface area (Å²) in [5, 5.41) is 3.95. The number of hydrogen-bond acceptors (Lipinski definition) is 3. The highest BCUT2D eigenvalue weighted by molar-refractivity contribution is 7.80. The van der Waals surface area contributed by atoms with Crippen molar-refractivity contribution in [2.24, 2.45) is 0 Å². The molecular weight excluding hydrogens is 392 g/mol. The van der Waals surface area contributed by atoms with Gasteiger partial charge in [-0.05, 0) is 61.0 Å². The van der Waals surface area contributed by atoms with Gasteiger partial charge in [0.25, 0.3) is 0 Å². The molecule has 154 valence electrons. The van der Waals surface area contributed by atoms with Crippen LogP contribution in [0.15, 0.2) is 84.9 Å². The molecule has 0 saturated heterocycles. The van der Waals surface area contributed by atoms with Gasteiger partial charge in [-0.1, -0.05) is 60.7 Å². The molecule has 5 heteroatoms. The molecular formula is C25H26N2O2S. The molecule has 4 nitrogen and oxygen atoms in total. The summed E-state index contributed by atoms with van der Waals surface area (Å²) >= 11 is 5.72. The normalized spacial score (nSPS) is 10.3. The molecule has 0 amide bonds. The number of nitrogens with zero attached hydrogens (tertiary/aromatic N) is 1. The molecule has 0 heterocycles. The Bertz CT molecular complexity index is 944. The van der Waals surface area contributed by atoms with Crippen LogP contribution in [0.2, 0.25) is 0 Å².